The van der Waals surface area contributed by atoms with E-state index >= 15 is 0 Å². The smallest absolute Gasteiger partial charge is 0.288 e. The Bertz CT molecular complexity index is 503. The number of carbonyl (C=O) groups excluding carboxylic acids is 1. The zero-order valence-electron chi connectivity index (χ0n) is 10.6. The molecule has 19 heavy (non-hydrogen) atoms. The molecule has 1 aromatic carbocycles. The number of amides is 1. The Hall–Kier alpha value is -1.66. The van der Waals surface area contributed by atoms with E-state index in [1.54, 1.807) is 13.8 Å². The topological polar surface area (TPSA) is 92.5 Å². The summed E-state index contributed by atoms with van der Waals surface area (Å²) in [6.07, 6.45) is -0.0237. The van der Waals surface area contributed by atoms with Crippen LogP contribution in [0, 0.1) is 17.0 Å². The van der Waals surface area contributed by atoms with E-state index in [1.165, 1.54) is 12.1 Å². The maximum atomic E-state index is 11.6. The van der Waals surface area contributed by atoms with E-state index in [4.69, 9.17) is 16.7 Å². The molecule has 0 aliphatic heterocycles. The molecule has 0 saturated heterocycles. The van der Waals surface area contributed by atoms with E-state index in [1.807, 2.05) is 0 Å². The summed E-state index contributed by atoms with van der Waals surface area (Å²) in [5.74, 6) is -0.270. The lowest BCUT2D eigenvalue weighted by Gasteiger charge is -2.10. The van der Waals surface area contributed by atoms with Crippen LogP contribution in [0.2, 0.25) is 5.02 Å². The van der Waals surface area contributed by atoms with Gasteiger partial charge in [-0.2, -0.15) is 0 Å². The molecule has 6 nitrogen and oxygen atoms in total. The molecule has 1 unspecified atom stereocenters. The molecular weight excluding hydrogens is 272 g/mol. The fraction of sp³-hybridized carbons (Fsp3) is 0.417. The summed E-state index contributed by atoms with van der Waals surface area (Å²) in [5.41, 5.74) is 0.800. The molecular formula is C12H15ClN2O4. The van der Waals surface area contributed by atoms with Gasteiger partial charge in [-0.3, -0.25) is 14.9 Å². The van der Waals surface area contributed by atoms with E-state index < -0.39 is 11.0 Å². The Morgan fingerprint density at radius 1 is 1.58 bits per heavy atom. The van der Waals surface area contributed by atoms with Gasteiger partial charge in [-0.15, -0.1) is 0 Å². The first-order valence-corrected chi connectivity index (χ1v) is 6.11. The molecule has 1 rings (SSSR count). The van der Waals surface area contributed by atoms with Crippen molar-refractivity contribution >= 4 is 28.9 Å². The van der Waals surface area contributed by atoms with Gasteiger partial charge in [0.1, 0.15) is 5.02 Å². The first-order chi connectivity index (χ1) is 8.81. The second-order valence-electron chi connectivity index (χ2n) is 4.31. The van der Waals surface area contributed by atoms with Crippen LogP contribution in [-0.2, 0) is 4.79 Å². The van der Waals surface area contributed by atoms with Crippen molar-refractivity contribution < 1.29 is 14.8 Å². The van der Waals surface area contributed by atoms with E-state index in [0.717, 1.165) is 0 Å². The Labute approximate surface area is 115 Å². The molecule has 0 heterocycles. The minimum absolute atomic E-state index is 0.0265. The van der Waals surface area contributed by atoms with Gasteiger partial charge in [-0.25, -0.2) is 0 Å². The van der Waals surface area contributed by atoms with Gasteiger partial charge in [0.05, 0.1) is 11.0 Å². The van der Waals surface area contributed by atoms with Crippen molar-refractivity contribution in [2.24, 2.45) is 0 Å². The van der Waals surface area contributed by atoms with Crippen molar-refractivity contribution in [3.63, 3.8) is 0 Å². The number of rotatable bonds is 5. The maximum absolute atomic E-state index is 11.6. The van der Waals surface area contributed by atoms with E-state index in [-0.39, 0.29) is 23.0 Å². The van der Waals surface area contributed by atoms with E-state index in [2.05, 4.69) is 5.32 Å². The second-order valence-corrected chi connectivity index (χ2v) is 4.72. The van der Waals surface area contributed by atoms with Gasteiger partial charge in [0, 0.05) is 18.2 Å². The summed E-state index contributed by atoms with van der Waals surface area (Å²) in [6, 6.07) is 2.67. The number of nitro benzene ring substituents is 1. The molecule has 1 atom stereocenters. The summed E-state index contributed by atoms with van der Waals surface area (Å²) < 4.78 is 0. The van der Waals surface area contributed by atoms with Gasteiger partial charge < -0.3 is 10.4 Å². The quantitative estimate of drug-likeness (QED) is 0.643. The number of nitro groups is 1. The van der Waals surface area contributed by atoms with Crippen molar-refractivity contribution in [3.05, 3.63) is 32.8 Å². The van der Waals surface area contributed by atoms with Gasteiger partial charge in [0.25, 0.3) is 5.69 Å². The van der Waals surface area contributed by atoms with Crippen molar-refractivity contribution in [2.75, 3.05) is 5.32 Å². The third-order valence-corrected chi connectivity index (χ3v) is 2.86. The number of carbonyl (C=O) groups is 1. The average Bonchev–Trinajstić information content (AvgIpc) is 2.30. The Kier molecular flexibility index (Phi) is 5.26. The SMILES string of the molecule is Cc1cc([N+](=O)[O-])c(Cl)cc1NC(=O)CCC(C)O. The summed E-state index contributed by atoms with van der Waals surface area (Å²) in [7, 11) is 0. The van der Waals surface area contributed by atoms with Crippen molar-refractivity contribution in [3.8, 4) is 0 Å². The number of hydrogen-bond acceptors (Lipinski definition) is 4. The summed E-state index contributed by atoms with van der Waals surface area (Å²) in [4.78, 5) is 21.7. The van der Waals surface area contributed by atoms with Gasteiger partial charge in [0.2, 0.25) is 5.91 Å². The van der Waals surface area contributed by atoms with E-state index in [9.17, 15) is 14.9 Å². The molecule has 0 saturated carbocycles. The first-order valence-electron chi connectivity index (χ1n) is 5.73. The lowest BCUT2D eigenvalue weighted by atomic mass is 10.1. The minimum atomic E-state index is -0.575. The van der Waals surface area contributed by atoms with Crippen LogP contribution in [0.15, 0.2) is 12.1 Å². The maximum Gasteiger partial charge on any atom is 0.288 e. The normalized spacial score (nSPS) is 12.0. The lowest BCUT2D eigenvalue weighted by Crippen LogP contribution is -2.14. The highest BCUT2D eigenvalue weighted by Gasteiger charge is 2.16. The van der Waals surface area contributed by atoms with Crippen molar-refractivity contribution in [2.45, 2.75) is 32.8 Å². The van der Waals surface area contributed by atoms with Crippen molar-refractivity contribution in [1.82, 2.24) is 0 Å². The predicted molar refractivity (Wildman–Crippen MR) is 72.4 cm³/mol. The second kappa shape index (κ2) is 6.49. The van der Waals surface area contributed by atoms with Crippen LogP contribution in [0.25, 0.3) is 0 Å². The number of aryl methyl sites for hydroxylation is 1. The highest BCUT2D eigenvalue weighted by molar-refractivity contribution is 6.33. The third kappa shape index (κ3) is 4.50. The molecule has 0 spiro atoms. The minimum Gasteiger partial charge on any atom is -0.393 e. The average molecular weight is 287 g/mol. The Balaban J connectivity index is 2.82. The van der Waals surface area contributed by atoms with Gasteiger partial charge in [-0.05, 0) is 31.9 Å². The third-order valence-electron chi connectivity index (χ3n) is 2.55. The number of nitrogens with zero attached hydrogens (tertiary/aromatic N) is 1. The summed E-state index contributed by atoms with van der Waals surface area (Å²) >= 11 is 5.77. The van der Waals surface area contributed by atoms with Gasteiger partial charge in [0.15, 0.2) is 0 Å². The standard InChI is InChI=1S/C12H15ClN2O4/c1-7-5-11(15(18)19)9(13)6-10(7)14-12(17)4-3-8(2)16/h5-6,8,16H,3-4H2,1-2H3,(H,14,17). The number of benzene rings is 1. The molecule has 0 fully saturated rings. The Morgan fingerprint density at radius 3 is 2.74 bits per heavy atom. The molecule has 2 N–H and O–H groups in total. The number of aliphatic hydroxyl groups excluding tert-OH is 1. The molecule has 0 bridgehead atoms. The molecule has 7 heteroatoms. The molecule has 0 aromatic heterocycles. The summed E-state index contributed by atoms with van der Waals surface area (Å²) in [5, 5.41) is 22.4. The van der Waals surface area contributed by atoms with Crippen LogP contribution < -0.4 is 5.32 Å². The lowest BCUT2D eigenvalue weighted by molar-refractivity contribution is -0.384. The number of anilines is 1. The zero-order valence-corrected chi connectivity index (χ0v) is 11.4. The van der Waals surface area contributed by atoms with Crippen LogP contribution in [-0.4, -0.2) is 22.0 Å². The van der Waals surface area contributed by atoms with Crippen LogP contribution in [0.1, 0.15) is 25.3 Å². The monoisotopic (exact) mass is 286 g/mol. The summed E-state index contributed by atoms with van der Waals surface area (Å²) in [6.45, 7) is 3.24. The molecule has 0 radical (unpaired) electrons. The van der Waals surface area contributed by atoms with Gasteiger partial charge >= 0.3 is 0 Å². The molecule has 0 aliphatic rings. The van der Waals surface area contributed by atoms with Crippen LogP contribution in [0.3, 0.4) is 0 Å². The molecule has 1 amide bonds. The predicted octanol–water partition coefficient (Wildman–Crippen LogP) is 2.66. The van der Waals surface area contributed by atoms with Crippen LogP contribution >= 0.6 is 11.6 Å². The van der Waals surface area contributed by atoms with E-state index in [0.29, 0.717) is 17.7 Å². The molecule has 104 valence electrons. The van der Waals surface area contributed by atoms with Gasteiger partial charge in [-0.1, -0.05) is 11.6 Å². The number of aliphatic hydroxyl groups is 1. The largest absolute Gasteiger partial charge is 0.393 e. The Morgan fingerprint density at radius 2 is 2.21 bits per heavy atom. The highest BCUT2D eigenvalue weighted by Crippen LogP contribution is 2.30. The van der Waals surface area contributed by atoms with Crippen LogP contribution in [0.5, 0.6) is 0 Å². The number of nitrogens with one attached hydrogen (secondary N) is 1. The van der Waals surface area contributed by atoms with Crippen LogP contribution in [0.4, 0.5) is 11.4 Å². The molecule has 0 aliphatic carbocycles. The number of hydrogen-bond donors (Lipinski definition) is 2. The first kappa shape index (κ1) is 15.4. The fourth-order valence-corrected chi connectivity index (χ4v) is 1.73. The zero-order chi connectivity index (χ0) is 14.6. The highest BCUT2D eigenvalue weighted by atomic mass is 35.5. The number of halogens is 1. The molecule has 1 aromatic rings. The fourth-order valence-electron chi connectivity index (χ4n) is 1.49. The van der Waals surface area contributed by atoms with Crippen molar-refractivity contribution in [1.29, 1.82) is 0 Å².